The van der Waals surface area contributed by atoms with E-state index in [4.69, 9.17) is 4.74 Å². The van der Waals surface area contributed by atoms with Gasteiger partial charge in [-0.3, -0.25) is 9.67 Å². The number of aryl methyl sites for hydroxylation is 2. The number of fused-ring (bicyclic) bond motifs is 1. The number of nitrogens with zero attached hydrogens (tertiary/aromatic N) is 4. The van der Waals surface area contributed by atoms with Gasteiger partial charge >= 0.3 is 5.97 Å². The van der Waals surface area contributed by atoms with Crippen molar-refractivity contribution in [1.29, 1.82) is 0 Å². The van der Waals surface area contributed by atoms with Crippen molar-refractivity contribution in [2.45, 2.75) is 20.4 Å². The van der Waals surface area contributed by atoms with E-state index >= 15 is 0 Å². The van der Waals surface area contributed by atoms with Crippen LogP contribution in [0.2, 0.25) is 0 Å². The molecule has 0 unspecified atom stereocenters. The summed E-state index contributed by atoms with van der Waals surface area (Å²) in [6.07, 6.45) is 1.63. The minimum atomic E-state index is -1.10. The van der Waals surface area contributed by atoms with Crippen molar-refractivity contribution >= 4 is 17.0 Å². The molecular formula is C16H16N4O3. The molecule has 3 aromatic rings. The fourth-order valence-electron chi connectivity index (χ4n) is 2.44. The van der Waals surface area contributed by atoms with Gasteiger partial charge in [0, 0.05) is 17.5 Å². The highest BCUT2D eigenvalue weighted by Crippen LogP contribution is 2.22. The second-order valence-corrected chi connectivity index (χ2v) is 5.31. The van der Waals surface area contributed by atoms with Crippen molar-refractivity contribution in [3.63, 3.8) is 0 Å². The normalized spacial score (nSPS) is 10.9. The van der Waals surface area contributed by atoms with Gasteiger partial charge in [-0.1, -0.05) is 0 Å². The van der Waals surface area contributed by atoms with Gasteiger partial charge in [0.1, 0.15) is 5.52 Å². The number of aromatic carboxylic acids is 1. The van der Waals surface area contributed by atoms with Crippen LogP contribution in [0.1, 0.15) is 27.3 Å². The molecule has 23 heavy (non-hydrogen) atoms. The Kier molecular flexibility index (Phi) is 3.69. The van der Waals surface area contributed by atoms with Gasteiger partial charge < -0.3 is 9.84 Å². The Hall–Kier alpha value is -2.96. The lowest BCUT2D eigenvalue weighted by atomic mass is 10.2. The van der Waals surface area contributed by atoms with E-state index in [0.29, 0.717) is 23.5 Å². The first-order valence-corrected chi connectivity index (χ1v) is 7.06. The lowest BCUT2D eigenvalue weighted by Gasteiger charge is -2.09. The van der Waals surface area contributed by atoms with E-state index in [1.807, 2.05) is 32.0 Å². The molecule has 3 aromatic heterocycles. The first-order chi connectivity index (χ1) is 11.0. The Bertz CT molecular complexity index is 902. The Labute approximate surface area is 132 Å². The molecule has 0 aliphatic rings. The summed E-state index contributed by atoms with van der Waals surface area (Å²) in [5.41, 5.74) is 3.59. The minimum Gasteiger partial charge on any atom is -0.481 e. The molecule has 0 aliphatic heterocycles. The van der Waals surface area contributed by atoms with Crippen LogP contribution in [0.4, 0.5) is 0 Å². The Morgan fingerprint density at radius 1 is 1.35 bits per heavy atom. The van der Waals surface area contributed by atoms with Crippen molar-refractivity contribution in [1.82, 2.24) is 19.7 Å². The zero-order chi connectivity index (χ0) is 16.6. The molecule has 0 saturated carbocycles. The van der Waals surface area contributed by atoms with Crippen LogP contribution in [-0.2, 0) is 6.54 Å². The van der Waals surface area contributed by atoms with Crippen molar-refractivity contribution in [2.24, 2.45) is 0 Å². The highest BCUT2D eigenvalue weighted by molar-refractivity contribution is 5.99. The minimum absolute atomic E-state index is 0.0564. The quantitative estimate of drug-likeness (QED) is 0.794. The largest absolute Gasteiger partial charge is 0.481 e. The average Bonchev–Trinajstić information content (AvgIpc) is 2.87. The van der Waals surface area contributed by atoms with Gasteiger partial charge in [-0.25, -0.2) is 9.78 Å². The van der Waals surface area contributed by atoms with Crippen LogP contribution >= 0.6 is 0 Å². The monoisotopic (exact) mass is 312 g/mol. The number of pyridine rings is 2. The van der Waals surface area contributed by atoms with Gasteiger partial charge in [-0.05, 0) is 37.6 Å². The lowest BCUT2D eigenvalue weighted by molar-refractivity contribution is 0.0691. The molecule has 3 rings (SSSR count). The van der Waals surface area contributed by atoms with Crippen molar-refractivity contribution < 1.29 is 14.6 Å². The maximum Gasteiger partial charge on any atom is 0.358 e. The summed E-state index contributed by atoms with van der Waals surface area (Å²) in [5.74, 6) is -0.592. The van der Waals surface area contributed by atoms with Crippen LogP contribution in [0, 0.1) is 13.8 Å². The van der Waals surface area contributed by atoms with E-state index in [0.717, 1.165) is 16.8 Å². The molecule has 0 bridgehead atoms. The number of rotatable bonds is 4. The number of carboxylic acids is 1. The third kappa shape index (κ3) is 2.73. The van der Waals surface area contributed by atoms with Gasteiger partial charge in [0.15, 0.2) is 5.69 Å². The lowest BCUT2D eigenvalue weighted by Crippen LogP contribution is -2.07. The highest BCUT2D eigenvalue weighted by atomic mass is 16.5. The first kappa shape index (κ1) is 15.0. The number of ether oxygens (including phenoxy) is 1. The zero-order valence-electron chi connectivity index (χ0n) is 13.1. The summed E-state index contributed by atoms with van der Waals surface area (Å²) in [7, 11) is 1.56. The van der Waals surface area contributed by atoms with E-state index in [-0.39, 0.29) is 5.69 Å². The predicted octanol–water partition coefficient (Wildman–Crippen LogP) is 2.20. The smallest absolute Gasteiger partial charge is 0.358 e. The summed E-state index contributed by atoms with van der Waals surface area (Å²) in [5, 5.41) is 13.5. The van der Waals surface area contributed by atoms with Gasteiger partial charge in [-0.2, -0.15) is 5.10 Å². The van der Waals surface area contributed by atoms with Gasteiger partial charge in [-0.15, -0.1) is 0 Å². The number of hydrogen-bond donors (Lipinski definition) is 1. The van der Waals surface area contributed by atoms with Crippen molar-refractivity contribution in [3.8, 4) is 5.88 Å². The molecule has 0 saturated heterocycles. The number of aromatic nitrogens is 4. The van der Waals surface area contributed by atoms with E-state index in [9.17, 15) is 9.90 Å². The topological polar surface area (TPSA) is 90.1 Å². The molecule has 0 atom stereocenters. The van der Waals surface area contributed by atoms with Gasteiger partial charge in [0.05, 0.1) is 19.2 Å². The summed E-state index contributed by atoms with van der Waals surface area (Å²) < 4.78 is 6.92. The van der Waals surface area contributed by atoms with E-state index in [2.05, 4.69) is 15.1 Å². The molecular weight excluding hydrogens is 296 g/mol. The van der Waals surface area contributed by atoms with Crippen LogP contribution in [0.3, 0.4) is 0 Å². The van der Waals surface area contributed by atoms with Crippen molar-refractivity contribution in [3.05, 3.63) is 46.9 Å². The molecule has 1 N–H and O–H groups in total. The molecule has 0 aliphatic carbocycles. The third-order valence-electron chi connectivity index (χ3n) is 3.52. The van der Waals surface area contributed by atoms with Crippen LogP contribution in [0.25, 0.3) is 11.0 Å². The molecule has 0 aromatic carbocycles. The van der Waals surface area contributed by atoms with Gasteiger partial charge in [0.2, 0.25) is 5.88 Å². The van der Waals surface area contributed by atoms with Crippen LogP contribution < -0.4 is 4.74 Å². The SMILES string of the molecule is COc1nc(C)ccc1Cn1nc(C(=O)O)c2ncc(C)cc21. The maximum absolute atomic E-state index is 11.4. The third-order valence-corrected chi connectivity index (χ3v) is 3.52. The Balaban J connectivity index is 2.13. The summed E-state index contributed by atoms with van der Waals surface area (Å²) in [4.78, 5) is 19.9. The maximum atomic E-state index is 11.4. The molecule has 3 heterocycles. The average molecular weight is 312 g/mol. The molecule has 7 nitrogen and oxygen atoms in total. The fourth-order valence-corrected chi connectivity index (χ4v) is 2.44. The summed E-state index contributed by atoms with van der Waals surface area (Å²) in [6.45, 7) is 4.13. The molecule has 0 fully saturated rings. The number of carboxylic acid groups (broad SMARTS) is 1. The molecule has 0 spiro atoms. The number of hydrogen-bond acceptors (Lipinski definition) is 5. The second-order valence-electron chi connectivity index (χ2n) is 5.31. The standard InChI is InChI=1S/C16H16N4O3/c1-9-6-12-13(17-7-9)14(16(21)22)19-20(12)8-11-5-4-10(2)18-15(11)23-3/h4-7H,8H2,1-3H3,(H,21,22). The number of carbonyl (C=O) groups is 1. The van der Waals surface area contributed by atoms with Crippen molar-refractivity contribution in [2.75, 3.05) is 7.11 Å². The first-order valence-electron chi connectivity index (χ1n) is 7.06. The predicted molar refractivity (Wildman–Crippen MR) is 83.9 cm³/mol. The fraction of sp³-hybridized carbons (Fsp3) is 0.250. The molecule has 0 radical (unpaired) electrons. The van der Waals surface area contributed by atoms with Crippen LogP contribution in [-0.4, -0.2) is 37.9 Å². The molecule has 7 heteroatoms. The molecule has 0 amide bonds. The number of methoxy groups -OCH3 is 1. The Morgan fingerprint density at radius 3 is 2.83 bits per heavy atom. The molecule has 118 valence electrons. The van der Waals surface area contributed by atoms with Gasteiger partial charge in [0.25, 0.3) is 0 Å². The van der Waals surface area contributed by atoms with Crippen LogP contribution in [0.5, 0.6) is 5.88 Å². The van der Waals surface area contributed by atoms with Crippen LogP contribution in [0.15, 0.2) is 24.4 Å². The zero-order valence-corrected chi connectivity index (χ0v) is 13.1. The Morgan fingerprint density at radius 2 is 2.13 bits per heavy atom. The van der Waals surface area contributed by atoms with E-state index in [1.165, 1.54) is 0 Å². The highest BCUT2D eigenvalue weighted by Gasteiger charge is 2.19. The summed E-state index contributed by atoms with van der Waals surface area (Å²) >= 11 is 0. The summed E-state index contributed by atoms with van der Waals surface area (Å²) in [6, 6.07) is 5.65. The van der Waals surface area contributed by atoms with E-state index < -0.39 is 5.97 Å². The van der Waals surface area contributed by atoms with E-state index in [1.54, 1.807) is 18.0 Å². The second kappa shape index (κ2) is 5.68.